The molecule has 0 aliphatic heterocycles. The zero-order valence-electron chi connectivity index (χ0n) is 11.5. The van der Waals surface area contributed by atoms with Crippen molar-refractivity contribution in [2.45, 2.75) is 52.6 Å². The smallest absolute Gasteiger partial charge is 0.0431 e. The minimum absolute atomic E-state index is 0.282. The van der Waals surface area contributed by atoms with Gasteiger partial charge in [0.05, 0.1) is 0 Å². The third-order valence-electron chi connectivity index (χ3n) is 3.44. The largest absolute Gasteiger partial charge is 0.396 e. The molecule has 17 heavy (non-hydrogen) atoms. The monoisotopic (exact) mass is 235 g/mol. The second-order valence-electron chi connectivity index (χ2n) is 4.94. The fourth-order valence-corrected chi connectivity index (χ4v) is 2.24. The van der Waals surface area contributed by atoms with Crippen LogP contribution >= 0.6 is 0 Å². The highest BCUT2D eigenvalue weighted by atomic mass is 16.2. The van der Waals surface area contributed by atoms with Gasteiger partial charge < -0.3 is 10.4 Å². The summed E-state index contributed by atoms with van der Waals surface area (Å²) in [7, 11) is 0. The van der Waals surface area contributed by atoms with E-state index in [0.717, 1.165) is 12.8 Å². The molecule has 0 saturated heterocycles. The van der Waals surface area contributed by atoms with Crippen molar-refractivity contribution < 1.29 is 5.11 Å². The highest BCUT2D eigenvalue weighted by Gasteiger charge is 2.11. The van der Waals surface area contributed by atoms with E-state index < -0.39 is 0 Å². The minimum Gasteiger partial charge on any atom is -0.396 e. The van der Waals surface area contributed by atoms with Gasteiger partial charge in [-0.1, -0.05) is 18.2 Å². The van der Waals surface area contributed by atoms with Crippen molar-refractivity contribution in [2.24, 2.45) is 0 Å². The summed E-state index contributed by atoms with van der Waals surface area (Å²) < 4.78 is 0. The van der Waals surface area contributed by atoms with Gasteiger partial charge in [-0.05, 0) is 57.2 Å². The summed E-state index contributed by atoms with van der Waals surface area (Å²) in [6.07, 6.45) is 1.89. The third kappa shape index (κ3) is 4.14. The molecule has 0 heterocycles. The molecule has 0 aromatic heterocycles. The van der Waals surface area contributed by atoms with Crippen LogP contribution in [0, 0.1) is 13.8 Å². The molecule has 0 amide bonds. The summed E-state index contributed by atoms with van der Waals surface area (Å²) in [6, 6.07) is 7.27. The molecular weight excluding hydrogens is 210 g/mol. The van der Waals surface area contributed by atoms with Gasteiger partial charge in [0.25, 0.3) is 0 Å². The Balaban J connectivity index is 2.63. The number of aliphatic hydroxyl groups excluding tert-OH is 1. The van der Waals surface area contributed by atoms with E-state index in [2.05, 4.69) is 51.2 Å². The zero-order valence-corrected chi connectivity index (χ0v) is 11.5. The molecule has 96 valence electrons. The highest BCUT2D eigenvalue weighted by molar-refractivity contribution is 5.35. The van der Waals surface area contributed by atoms with E-state index in [1.807, 2.05) is 0 Å². The second-order valence-corrected chi connectivity index (χ2v) is 4.94. The van der Waals surface area contributed by atoms with Crippen LogP contribution in [-0.4, -0.2) is 17.8 Å². The number of nitrogens with one attached hydrogen (secondary N) is 1. The molecule has 0 saturated carbocycles. The van der Waals surface area contributed by atoms with Gasteiger partial charge in [0.1, 0.15) is 0 Å². The molecule has 2 atom stereocenters. The number of rotatable bonds is 6. The lowest BCUT2D eigenvalue weighted by atomic mass is 9.97. The summed E-state index contributed by atoms with van der Waals surface area (Å²) in [5.74, 6) is 0. The maximum atomic E-state index is 8.82. The number of hydrogen-bond donors (Lipinski definition) is 2. The van der Waals surface area contributed by atoms with Crippen LogP contribution in [0.15, 0.2) is 18.2 Å². The van der Waals surface area contributed by atoms with E-state index >= 15 is 0 Å². The van der Waals surface area contributed by atoms with Crippen molar-refractivity contribution in [1.29, 1.82) is 0 Å². The zero-order chi connectivity index (χ0) is 12.8. The van der Waals surface area contributed by atoms with Crippen LogP contribution in [0.2, 0.25) is 0 Å². The van der Waals surface area contributed by atoms with Crippen molar-refractivity contribution in [3.05, 3.63) is 34.9 Å². The summed E-state index contributed by atoms with van der Waals surface area (Å²) >= 11 is 0. The minimum atomic E-state index is 0.282. The second kappa shape index (κ2) is 6.77. The SMILES string of the molecule is Cc1cccc([C@@H](C)N[C@@H](C)CCCO)c1C. The van der Waals surface area contributed by atoms with Gasteiger partial charge >= 0.3 is 0 Å². The molecule has 2 nitrogen and oxygen atoms in total. The molecule has 2 heteroatoms. The molecule has 0 bridgehead atoms. The van der Waals surface area contributed by atoms with Crippen LogP contribution < -0.4 is 5.32 Å². The number of aryl methyl sites for hydroxylation is 1. The Morgan fingerprint density at radius 2 is 1.94 bits per heavy atom. The topological polar surface area (TPSA) is 32.3 Å². The Morgan fingerprint density at radius 1 is 1.24 bits per heavy atom. The first kappa shape index (κ1) is 14.2. The average Bonchev–Trinajstić information content (AvgIpc) is 2.29. The van der Waals surface area contributed by atoms with Gasteiger partial charge in [-0.3, -0.25) is 0 Å². The molecule has 0 aliphatic rings. The van der Waals surface area contributed by atoms with Crippen molar-refractivity contribution in [2.75, 3.05) is 6.61 Å². The first-order valence-electron chi connectivity index (χ1n) is 6.49. The summed E-state index contributed by atoms with van der Waals surface area (Å²) in [5, 5.41) is 12.4. The quantitative estimate of drug-likeness (QED) is 0.794. The van der Waals surface area contributed by atoms with Crippen LogP contribution in [0.1, 0.15) is 49.4 Å². The number of benzene rings is 1. The molecule has 2 N–H and O–H groups in total. The molecule has 0 spiro atoms. The molecule has 1 aromatic carbocycles. The normalized spacial score (nSPS) is 14.6. The van der Waals surface area contributed by atoms with Crippen molar-refractivity contribution in [3.63, 3.8) is 0 Å². The number of aliphatic hydroxyl groups is 1. The lowest BCUT2D eigenvalue weighted by Gasteiger charge is -2.22. The molecule has 0 radical (unpaired) electrons. The first-order valence-corrected chi connectivity index (χ1v) is 6.49. The average molecular weight is 235 g/mol. The molecule has 0 aliphatic carbocycles. The van der Waals surface area contributed by atoms with Gasteiger partial charge in [-0.2, -0.15) is 0 Å². The van der Waals surface area contributed by atoms with E-state index in [1.54, 1.807) is 0 Å². The van der Waals surface area contributed by atoms with Gasteiger partial charge in [0, 0.05) is 18.7 Å². The first-order chi connectivity index (χ1) is 8.06. The van der Waals surface area contributed by atoms with E-state index in [9.17, 15) is 0 Å². The summed E-state index contributed by atoms with van der Waals surface area (Å²) in [4.78, 5) is 0. The molecule has 1 rings (SSSR count). The van der Waals surface area contributed by atoms with Crippen LogP contribution in [0.5, 0.6) is 0 Å². The maximum Gasteiger partial charge on any atom is 0.0431 e. The summed E-state index contributed by atoms with van der Waals surface area (Å²) in [5.41, 5.74) is 4.10. The van der Waals surface area contributed by atoms with E-state index in [1.165, 1.54) is 16.7 Å². The highest BCUT2D eigenvalue weighted by Crippen LogP contribution is 2.20. The van der Waals surface area contributed by atoms with E-state index in [4.69, 9.17) is 5.11 Å². The lowest BCUT2D eigenvalue weighted by Crippen LogP contribution is -2.29. The van der Waals surface area contributed by atoms with E-state index in [-0.39, 0.29) is 6.61 Å². The van der Waals surface area contributed by atoms with Gasteiger partial charge in [-0.15, -0.1) is 0 Å². The van der Waals surface area contributed by atoms with Crippen molar-refractivity contribution in [3.8, 4) is 0 Å². The fraction of sp³-hybridized carbons (Fsp3) is 0.600. The predicted octanol–water partition coefficient (Wildman–Crippen LogP) is 3.12. The Hall–Kier alpha value is -0.860. The number of hydrogen-bond acceptors (Lipinski definition) is 2. The molecule has 1 aromatic rings. The van der Waals surface area contributed by atoms with E-state index in [0.29, 0.717) is 12.1 Å². The Bertz CT molecular complexity index is 349. The van der Waals surface area contributed by atoms with Gasteiger partial charge in [0.2, 0.25) is 0 Å². The van der Waals surface area contributed by atoms with Gasteiger partial charge in [-0.25, -0.2) is 0 Å². The maximum absolute atomic E-state index is 8.82. The lowest BCUT2D eigenvalue weighted by molar-refractivity contribution is 0.274. The van der Waals surface area contributed by atoms with Crippen LogP contribution in [-0.2, 0) is 0 Å². The Morgan fingerprint density at radius 3 is 2.59 bits per heavy atom. The fourth-order valence-electron chi connectivity index (χ4n) is 2.24. The molecule has 0 unspecified atom stereocenters. The van der Waals surface area contributed by atoms with Crippen LogP contribution in [0.4, 0.5) is 0 Å². The Labute approximate surface area is 105 Å². The van der Waals surface area contributed by atoms with Crippen molar-refractivity contribution >= 4 is 0 Å². The molecular formula is C15H25NO. The third-order valence-corrected chi connectivity index (χ3v) is 3.44. The molecule has 0 fully saturated rings. The Kier molecular flexibility index (Phi) is 5.66. The predicted molar refractivity (Wildman–Crippen MR) is 73.2 cm³/mol. The standard InChI is InChI=1S/C15H25NO/c1-11-7-5-9-15(13(11)3)14(4)16-12(2)8-6-10-17/h5,7,9,12,14,16-17H,6,8,10H2,1-4H3/t12-,14+/m0/s1. The summed E-state index contributed by atoms with van der Waals surface area (Å²) in [6.45, 7) is 9.00. The van der Waals surface area contributed by atoms with Gasteiger partial charge in [0.15, 0.2) is 0 Å². The van der Waals surface area contributed by atoms with Crippen molar-refractivity contribution in [1.82, 2.24) is 5.32 Å². The van der Waals surface area contributed by atoms with Crippen LogP contribution in [0.3, 0.4) is 0 Å². The van der Waals surface area contributed by atoms with Crippen LogP contribution in [0.25, 0.3) is 0 Å².